The topological polar surface area (TPSA) is 31.4 Å². The highest BCUT2D eigenvalue weighted by atomic mass is 19.1. The van der Waals surface area contributed by atoms with E-state index < -0.39 is 18.3 Å². The van der Waals surface area contributed by atoms with Crippen LogP contribution in [0.15, 0.2) is 12.3 Å². The molecular weight excluding hydrogens is 256 g/mol. The second-order valence-electron chi connectivity index (χ2n) is 7.44. The van der Waals surface area contributed by atoms with E-state index in [0.717, 1.165) is 0 Å². The number of hydrogen-bond acceptors (Lipinski definition) is 3. The third-order valence-electron chi connectivity index (χ3n) is 4.10. The van der Waals surface area contributed by atoms with Crippen molar-refractivity contribution in [2.45, 2.75) is 65.1 Å². The molecule has 0 radical (unpaired) electrons. The van der Waals surface area contributed by atoms with Crippen LogP contribution in [-0.4, -0.2) is 23.3 Å². The second kappa shape index (κ2) is 4.53. The first kappa shape index (κ1) is 15.5. The molecule has 0 saturated carbocycles. The van der Waals surface area contributed by atoms with Crippen LogP contribution in [0.3, 0.4) is 0 Å². The van der Waals surface area contributed by atoms with Gasteiger partial charge in [-0.1, -0.05) is 20.8 Å². The van der Waals surface area contributed by atoms with E-state index >= 15 is 0 Å². The van der Waals surface area contributed by atoms with Crippen LogP contribution in [-0.2, 0) is 14.7 Å². The molecule has 0 spiro atoms. The van der Waals surface area contributed by atoms with Crippen LogP contribution < -0.4 is 5.46 Å². The molecule has 110 valence electrons. The van der Waals surface area contributed by atoms with Gasteiger partial charge in [0.2, 0.25) is 0 Å². The first-order valence-corrected chi connectivity index (χ1v) is 6.96. The van der Waals surface area contributed by atoms with E-state index in [9.17, 15) is 4.39 Å². The van der Waals surface area contributed by atoms with Gasteiger partial charge in [-0.05, 0) is 33.8 Å². The first-order valence-electron chi connectivity index (χ1n) is 6.96. The fourth-order valence-electron chi connectivity index (χ4n) is 2.11. The van der Waals surface area contributed by atoms with Gasteiger partial charge >= 0.3 is 7.12 Å². The Morgan fingerprint density at radius 3 is 2.00 bits per heavy atom. The quantitative estimate of drug-likeness (QED) is 0.741. The molecular formula is C15H23BFNO2. The van der Waals surface area contributed by atoms with Gasteiger partial charge < -0.3 is 9.31 Å². The lowest BCUT2D eigenvalue weighted by Gasteiger charge is -2.32. The number of pyridine rings is 1. The normalized spacial score (nSPS) is 21.3. The zero-order chi connectivity index (χ0) is 15.3. The molecule has 1 saturated heterocycles. The molecule has 0 aliphatic carbocycles. The van der Waals surface area contributed by atoms with Crippen LogP contribution in [0.5, 0.6) is 0 Å². The number of rotatable bonds is 1. The monoisotopic (exact) mass is 279 g/mol. The maximum atomic E-state index is 14.2. The van der Waals surface area contributed by atoms with Crippen LogP contribution in [0.1, 0.15) is 54.2 Å². The van der Waals surface area contributed by atoms with Crippen molar-refractivity contribution in [3.8, 4) is 0 Å². The Balaban J connectivity index is 2.31. The van der Waals surface area contributed by atoms with E-state index in [0.29, 0.717) is 11.2 Å². The van der Waals surface area contributed by atoms with Crippen molar-refractivity contribution in [1.82, 2.24) is 4.98 Å². The van der Waals surface area contributed by atoms with Crippen molar-refractivity contribution in [3.63, 3.8) is 0 Å². The minimum absolute atomic E-state index is 0.315. The van der Waals surface area contributed by atoms with Gasteiger partial charge in [0.15, 0.2) is 0 Å². The highest BCUT2D eigenvalue weighted by molar-refractivity contribution is 6.62. The van der Waals surface area contributed by atoms with Crippen LogP contribution in [0, 0.1) is 5.82 Å². The Morgan fingerprint density at radius 1 is 1.10 bits per heavy atom. The molecule has 0 aromatic carbocycles. The molecule has 0 atom stereocenters. The summed E-state index contributed by atoms with van der Waals surface area (Å²) in [5.41, 5.74) is -0.112. The molecule has 0 amide bonds. The van der Waals surface area contributed by atoms with Gasteiger partial charge in [-0.25, -0.2) is 4.39 Å². The van der Waals surface area contributed by atoms with E-state index in [1.807, 2.05) is 48.5 Å². The van der Waals surface area contributed by atoms with E-state index in [2.05, 4.69) is 4.98 Å². The maximum Gasteiger partial charge on any atom is 0.496 e. The number of halogens is 1. The van der Waals surface area contributed by atoms with E-state index in [1.54, 1.807) is 6.20 Å². The first-order chi connectivity index (χ1) is 8.94. The molecule has 0 bridgehead atoms. The average Bonchev–Trinajstić information content (AvgIpc) is 2.46. The van der Waals surface area contributed by atoms with Gasteiger partial charge in [-0.2, -0.15) is 0 Å². The Bertz CT molecular complexity index is 507. The predicted molar refractivity (Wildman–Crippen MR) is 78.6 cm³/mol. The number of nitrogens with zero attached hydrogens (tertiary/aromatic N) is 1. The summed E-state index contributed by atoms with van der Waals surface area (Å²) in [6.45, 7) is 13.7. The summed E-state index contributed by atoms with van der Waals surface area (Å²) in [6.07, 6.45) is 1.64. The Labute approximate surface area is 121 Å². The molecule has 1 fully saturated rings. The molecule has 20 heavy (non-hydrogen) atoms. The van der Waals surface area contributed by atoms with Crippen LogP contribution in [0.4, 0.5) is 4.39 Å². The lowest BCUT2D eigenvalue weighted by atomic mass is 9.79. The molecule has 1 aromatic heterocycles. The Hall–Kier alpha value is -0.935. The van der Waals surface area contributed by atoms with E-state index in [4.69, 9.17) is 9.31 Å². The summed E-state index contributed by atoms with van der Waals surface area (Å²) in [4.78, 5) is 4.25. The summed E-state index contributed by atoms with van der Waals surface area (Å²) in [6, 6.07) is 1.47. The standard InChI is InChI=1S/C15H23BFNO2/c1-13(2,3)12-11(17)8-10(9-18-12)16-19-14(4,5)15(6,7)20-16/h8-9H,1-7H3. The number of hydrogen-bond donors (Lipinski definition) is 0. The molecule has 2 rings (SSSR count). The maximum absolute atomic E-state index is 14.2. The van der Waals surface area contributed by atoms with Gasteiger partial charge in [-0.15, -0.1) is 0 Å². The van der Waals surface area contributed by atoms with Gasteiger partial charge in [0.05, 0.1) is 16.9 Å². The van der Waals surface area contributed by atoms with Crippen molar-refractivity contribution < 1.29 is 13.7 Å². The Morgan fingerprint density at radius 2 is 1.60 bits per heavy atom. The van der Waals surface area contributed by atoms with Crippen molar-refractivity contribution in [3.05, 3.63) is 23.8 Å². The van der Waals surface area contributed by atoms with Crippen molar-refractivity contribution in [2.24, 2.45) is 0 Å². The van der Waals surface area contributed by atoms with Crippen molar-refractivity contribution >= 4 is 12.6 Å². The van der Waals surface area contributed by atoms with Gasteiger partial charge in [0.1, 0.15) is 5.82 Å². The summed E-state index contributed by atoms with van der Waals surface area (Å²) in [7, 11) is -0.573. The minimum Gasteiger partial charge on any atom is -0.399 e. The van der Waals surface area contributed by atoms with Gasteiger partial charge in [0.25, 0.3) is 0 Å². The molecule has 3 nitrogen and oxygen atoms in total. The predicted octanol–water partition coefficient (Wildman–Crippen LogP) is 2.82. The fraction of sp³-hybridized carbons (Fsp3) is 0.667. The van der Waals surface area contributed by atoms with Crippen molar-refractivity contribution in [1.29, 1.82) is 0 Å². The minimum atomic E-state index is -0.573. The lowest BCUT2D eigenvalue weighted by molar-refractivity contribution is 0.00578. The molecule has 5 heteroatoms. The van der Waals surface area contributed by atoms with Crippen molar-refractivity contribution in [2.75, 3.05) is 0 Å². The average molecular weight is 279 g/mol. The summed E-state index contributed by atoms with van der Waals surface area (Å²) >= 11 is 0. The van der Waals surface area contributed by atoms with E-state index in [-0.39, 0.29) is 11.2 Å². The SMILES string of the molecule is CC(C)(C)c1ncc(B2OC(C)(C)C(C)(C)O2)cc1F. The molecule has 1 aliphatic heterocycles. The van der Waals surface area contributed by atoms with Crippen LogP contribution >= 0.6 is 0 Å². The van der Waals surface area contributed by atoms with Crippen LogP contribution in [0.25, 0.3) is 0 Å². The molecule has 0 unspecified atom stereocenters. The molecule has 0 N–H and O–H groups in total. The molecule has 1 aromatic rings. The van der Waals surface area contributed by atoms with E-state index in [1.165, 1.54) is 6.07 Å². The fourth-order valence-corrected chi connectivity index (χ4v) is 2.11. The molecule has 2 heterocycles. The largest absolute Gasteiger partial charge is 0.496 e. The zero-order valence-electron chi connectivity index (χ0n) is 13.4. The second-order valence-corrected chi connectivity index (χ2v) is 7.44. The van der Waals surface area contributed by atoms with Crippen LogP contribution in [0.2, 0.25) is 0 Å². The Kier molecular flexibility index (Phi) is 3.50. The smallest absolute Gasteiger partial charge is 0.399 e. The lowest BCUT2D eigenvalue weighted by Crippen LogP contribution is -2.41. The zero-order valence-corrected chi connectivity index (χ0v) is 13.4. The molecule has 1 aliphatic rings. The summed E-state index contributed by atoms with van der Waals surface area (Å²) < 4.78 is 26.0. The highest BCUT2D eigenvalue weighted by Gasteiger charge is 2.52. The summed E-state index contributed by atoms with van der Waals surface area (Å²) in [5.74, 6) is -0.315. The van der Waals surface area contributed by atoms with Gasteiger partial charge in [0, 0.05) is 17.1 Å². The van der Waals surface area contributed by atoms with Gasteiger partial charge in [-0.3, -0.25) is 4.98 Å². The third-order valence-corrected chi connectivity index (χ3v) is 4.10. The third kappa shape index (κ3) is 2.61. The number of aromatic nitrogens is 1. The summed E-state index contributed by atoms with van der Waals surface area (Å²) in [5, 5.41) is 0. The highest BCUT2D eigenvalue weighted by Crippen LogP contribution is 2.36.